The van der Waals surface area contributed by atoms with E-state index in [0.717, 1.165) is 6.42 Å². The van der Waals surface area contributed by atoms with Crippen LogP contribution in [0.15, 0.2) is 11.5 Å². The molecular weight excluding hydrogens is 258 g/mol. The zero-order chi connectivity index (χ0) is 14.0. The fourth-order valence-corrected chi connectivity index (χ4v) is 2.11. The first-order valence-electron chi connectivity index (χ1n) is 5.74. The second kappa shape index (κ2) is 5.27. The van der Waals surface area contributed by atoms with Gasteiger partial charge >= 0.3 is 6.09 Å². The highest BCUT2D eigenvalue weighted by Gasteiger charge is 2.30. The number of ether oxygens (including phenoxy) is 1. The molecule has 0 saturated carbocycles. The summed E-state index contributed by atoms with van der Waals surface area (Å²) < 4.78 is 35.1. The molecule has 1 aliphatic rings. The number of hydrogen-bond donors (Lipinski definition) is 1. The van der Waals surface area contributed by atoms with Gasteiger partial charge in [-0.2, -0.15) is 8.42 Å². The molecule has 1 atom stereocenters. The first kappa shape index (κ1) is 15.0. The van der Waals surface area contributed by atoms with Gasteiger partial charge < -0.3 is 9.64 Å². The van der Waals surface area contributed by atoms with Crippen molar-refractivity contribution in [1.29, 1.82) is 0 Å². The minimum atomic E-state index is -4.16. The van der Waals surface area contributed by atoms with Gasteiger partial charge in [0.25, 0.3) is 10.1 Å². The van der Waals surface area contributed by atoms with Crippen molar-refractivity contribution in [2.75, 3.05) is 6.54 Å². The average molecular weight is 277 g/mol. The normalized spacial score (nSPS) is 21.6. The van der Waals surface area contributed by atoms with Crippen LogP contribution < -0.4 is 0 Å². The Morgan fingerprint density at radius 3 is 2.56 bits per heavy atom. The molecule has 1 fully saturated rings. The quantitative estimate of drug-likeness (QED) is 0.778. The Kier molecular flexibility index (Phi) is 4.39. The van der Waals surface area contributed by atoms with E-state index in [-0.39, 0.29) is 6.04 Å². The molecule has 18 heavy (non-hydrogen) atoms. The van der Waals surface area contributed by atoms with Crippen molar-refractivity contribution in [2.45, 2.75) is 45.3 Å². The Balaban J connectivity index is 2.71. The smallest absolute Gasteiger partial charge is 0.410 e. The van der Waals surface area contributed by atoms with Gasteiger partial charge in [-0.05, 0) is 39.7 Å². The molecular formula is C11H19NO5S. The summed E-state index contributed by atoms with van der Waals surface area (Å²) in [5.41, 5.74) is -0.586. The van der Waals surface area contributed by atoms with Crippen LogP contribution in [0.2, 0.25) is 0 Å². The molecule has 1 saturated heterocycles. The van der Waals surface area contributed by atoms with E-state index >= 15 is 0 Å². The van der Waals surface area contributed by atoms with Gasteiger partial charge in [-0.1, -0.05) is 0 Å². The Morgan fingerprint density at radius 1 is 1.44 bits per heavy atom. The molecule has 0 unspecified atom stereocenters. The number of carbonyl (C=O) groups excluding carboxylic acids is 1. The van der Waals surface area contributed by atoms with Crippen LogP contribution in [0.5, 0.6) is 0 Å². The van der Waals surface area contributed by atoms with E-state index in [4.69, 9.17) is 9.29 Å². The van der Waals surface area contributed by atoms with E-state index in [1.54, 1.807) is 20.8 Å². The highest BCUT2D eigenvalue weighted by atomic mass is 32.2. The largest absolute Gasteiger partial charge is 0.444 e. The highest BCUT2D eigenvalue weighted by molar-refractivity contribution is 7.88. The van der Waals surface area contributed by atoms with E-state index < -0.39 is 21.8 Å². The molecule has 0 aromatic carbocycles. The van der Waals surface area contributed by atoms with E-state index in [1.165, 1.54) is 11.0 Å². The molecule has 1 heterocycles. The topological polar surface area (TPSA) is 83.9 Å². The van der Waals surface area contributed by atoms with Gasteiger partial charge in [0.05, 0.1) is 11.4 Å². The molecule has 1 rings (SSSR count). The van der Waals surface area contributed by atoms with E-state index in [9.17, 15) is 13.2 Å². The molecule has 1 amide bonds. The summed E-state index contributed by atoms with van der Waals surface area (Å²) in [5.74, 6) is 0. The van der Waals surface area contributed by atoms with Gasteiger partial charge in [0.2, 0.25) is 0 Å². The number of carbonyl (C=O) groups is 1. The SMILES string of the molecule is CC(C)(C)OC(=O)N1CCC[C@H]1/C=C/S(=O)(=O)O. The van der Waals surface area contributed by atoms with Gasteiger partial charge in [-0.25, -0.2) is 4.79 Å². The second-order valence-electron chi connectivity index (χ2n) is 5.23. The standard InChI is InChI=1S/C11H19NO5S/c1-11(2,3)17-10(13)12-7-4-5-9(12)6-8-18(14,15)16/h6,8-9H,4-5,7H2,1-3H3,(H,14,15,16)/b8-6+/t9-/m0/s1. The van der Waals surface area contributed by atoms with Crippen LogP contribution in [0.4, 0.5) is 4.79 Å². The van der Waals surface area contributed by atoms with Crippen LogP contribution in [0.25, 0.3) is 0 Å². The maximum Gasteiger partial charge on any atom is 0.410 e. The molecule has 0 bridgehead atoms. The predicted molar refractivity (Wildman–Crippen MR) is 66.7 cm³/mol. The number of rotatable bonds is 2. The fraction of sp³-hybridized carbons (Fsp3) is 0.727. The van der Waals surface area contributed by atoms with Crippen molar-refractivity contribution in [1.82, 2.24) is 4.90 Å². The van der Waals surface area contributed by atoms with Crippen LogP contribution in [0, 0.1) is 0 Å². The van der Waals surface area contributed by atoms with Gasteiger partial charge in [-0.15, -0.1) is 0 Å². The third kappa shape index (κ3) is 5.05. The summed E-state index contributed by atoms with van der Waals surface area (Å²) in [5, 5.41) is 0.709. The van der Waals surface area contributed by atoms with Crippen molar-refractivity contribution >= 4 is 16.2 Å². The molecule has 0 aromatic heterocycles. The van der Waals surface area contributed by atoms with E-state index in [0.29, 0.717) is 18.4 Å². The van der Waals surface area contributed by atoms with Gasteiger partial charge in [-0.3, -0.25) is 4.55 Å². The van der Waals surface area contributed by atoms with Crippen molar-refractivity contribution in [3.63, 3.8) is 0 Å². The van der Waals surface area contributed by atoms with Crippen molar-refractivity contribution in [3.8, 4) is 0 Å². The zero-order valence-electron chi connectivity index (χ0n) is 10.8. The molecule has 0 aliphatic carbocycles. The lowest BCUT2D eigenvalue weighted by molar-refractivity contribution is 0.0256. The first-order valence-corrected chi connectivity index (χ1v) is 7.24. The summed E-state index contributed by atoms with van der Waals surface area (Å²) in [6, 6.07) is -0.346. The molecule has 0 spiro atoms. The summed E-state index contributed by atoms with van der Waals surface area (Å²) in [6.07, 6.45) is 2.28. The van der Waals surface area contributed by atoms with Crippen molar-refractivity contribution in [2.24, 2.45) is 0 Å². The fourth-order valence-electron chi connectivity index (χ4n) is 1.73. The number of hydrogen-bond acceptors (Lipinski definition) is 4. The van der Waals surface area contributed by atoms with Gasteiger partial charge in [0, 0.05) is 6.54 Å². The van der Waals surface area contributed by atoms with E-state index in [2.05, 4.69) is 0 Å². The molecule has 1 N–H and O–H groups in total. The summed E-state index contributed by atoms with van der Waals surface area (Å²) in [6.45, 7) is 5.83. The zero-order valence-corrected chi connectivity index (χ0v) is 11.6. The lowest BCUT2D eigenvalue weighted by Gasteiger charge is -2.27. The molecule has 1 aliphatic heterocycles. The third-order valence-electron chi connectivity index (χ3n) is 2.40. The lowest BCUT2D eigenvalue weighted by atomic mass is 10.2. The van der Waals surface area contributed by atoms with Gasteiger partial charge in [0.1, 0.15) is 5.60 Å². The molecule has 0 radical (unpaired) electrons. The number of amides is 1. The van der Waals surface area contributed by atoms with Crippen molar-refractivity contribution < 1.29 is 22.5 Å². The predicted octanol–water partition coefficient (Wildman–Crippen LogP) is 1.79. The number of likely N-dealkylation sites (tertiary alicyclic amines) is 1. The van der Waals surface area contributed by atoms with Crippen LogP contribution in [0.3, 0.4) is 0 Å². The minimum Gasteiger partial charge on any atom is -0.444 e. The van der Waals surface area contributed by atoms with Crippen LogP contribution >= 0.6 is 0 Å². The Hall–Kier alpha value is -1.08. The Labute approximate surface area is 107 Å². The minimum absolute atomic E-state index is 0.346. The maximum atomic E-state index is 11.9. The Bertz CT molecular complexity index is 435. The maximum absolute atomic E-state index is 11.9. The molecule has 0 aromatic rings. The number of nitrogens with zero attached hydrogens (tertiary/aromatic N) is 1. The molecule has 104 valence electrons. The summed E-state index contributed by atoms with van der Waals surface area (Å²) >= 11 is 0. The monoisotopic (exact) mass is 277 g/mol. The first-order chi connectivity index (χ1) is 8.08. The van der Waals surface area contributed by atoms with Crippen LogP contribution in [0.1, 0.15) is 33.6 Å². The highest BCUT2D eigenvalue weighted by Crippen LogP contribution is 2.21. The Morgan fingerprint density at radius 2 is 2.06 bits per heavy atom. The average Bonchev–Trinajstić information content (AvgIpc) is 2.58. The third-order valence-corrected chi connectivity index (χ3v) is 2.90. The second-order valence-corrected chi connectivity index (χ2v) is 6.53. The van der Waals surface area contributed by atoms with Crippen LogP contribution in [-0.4, -0.2) is 42.2 Å². The van der Waals surface area contributed by atoms with E-state index in [1.807, 2.05) is 0 Å². The molecule has 7 heteroatoms. The van der Waals surface area contributed by atoms with Crippen LogP contribution in [-0.2, 0) is 14.9 Å². The lowest BCUT2D eigenvalue weighted by Crippen LogP contribution is -2.39. The summed E-state index contributed by atoms with van der Waals surface area (Å²) in [4.78, 5) is 13.3. The summed E-state index contributed by atoms with van der Waals surface area (Å²) in [7, 11) is -4.16. The van der Waals surface area contributed by atoms with Crippen molar-refractivity contribution in [3.05, 3.63) is 11.5 Å². The van der Waals surface area contributed by atoms with Gasteiger partial charge in [0.15, 0.2) is 0 Å². The molecule has 6 nitrogen and oxygen atoms in total.